The Labute approximate surface area is 219 Å². The number of aromatic nitrogens is 1. The monoisotopic (exact) mass is 512 g/mol. The normalized spacial score (nSPS) is 10.9. The fraction of sp³-hybridized carbons (Fsp3) is 0.133. The zero-order valence-corrected chi connectivity index (χ0v) is 21.4. The molecule has 0 radical (unpaired) electrons. The number of nitrogens with zero attached hydrogens (tertiary/aromatic N) is 1. The number of benzene rings is 4. The van der Waals surface area contributed by atoms with Gasteiger partial charge in [0.15, 0.2) is 17.1 Å². The van der Waals surface area contributed by atoms with Crippen LogP contribution in [0.4, 0.5) is 5.69 Å². The summed E-state index contributed by atoms with van der Waals surface area (Å²) >= 11 is 5.94. The van der Waals surface area contributed by atoms with Gasteiger partial charge in [-0.25, -0.2) is 4.98 Å². The van der Waals surface area contributed by atoms with E-state index >= 15 is 0 Å². The number of hydrogen-bond acceptors (Lipinski definition) is 5. The lowest BCUT2D eigenvalue weighted by Crippen LogP contribution is -2.12. The second-order valence-electron chi connectivity index (χ2n) is 8.74. The van der Waals surface area contributed by atoms with Gasteiger partial charge in [-0.2, -0.15) is 0 Å². The number of halogens is 1. The molecule has 1 heterocycles. The van der Waals surface area contributed by atoms with Crippen molar-refractivity contribution in [3.05, 3.63) is 106 Å². The third-order valence-electron chi connectivity index (χ3n) is 6.13. The third-order valence-corrected chi connectivity index (χ3v) is 6.38. The van der Waals surface area contributed by atoms with Crippen LogP contribution in [-0.2, 0) is 6.61 Å². The zero-order valence-electron chi connectivity index (χ0n) is 20.7. The van der Waals surface area contributed by atoms with Crippen molar-refractivity contribution in [3.63, 3.8) is 0 Å². The van der Waals surface area contributed by atoms with Crippen LogP contribution in [-0.4, -0.2) is 18.0 Å². The van der Waals surface area contributed by atoms with Gasteiger partial charge >= 0.3 is 0 Å². The average molecular weight is 513 g/mol. The molecule has 1 aromatic heterocycles. The molecule has 0 aliphatic heterocycles. The van der Waals surface area contributed by atoms with E-state index in [9.17, 15) is 4.79 Å². The maximum atomic E-state index is 13.0. The maximum absolute atomic E-state index is 13.0. The zero-order chi connectivity index (χ0) is 25.9. The van der Waals surface area contributed by atoms with Crippen molar-refractivity contribution >= 4 is 34.3 Å². The molecule has 5 aromatic rings. The molecule has 0 saturated carbocycles. The molecule has 7 heteroatoms. The van der Waals surface area contributed by atoms with Crippen LogP contribution >= 0.6 is 11.6 Å². The van der Waals surface area contributed by atoms with E-state index in [1.54, 1.807) is 36.4 Å². The lowest BCUT2D eigenvalue weighted by molar-refractivity contribution is 0.102. The van der Waals surface area contributed by atoms with E-state index in [-0.39, 0.29) is 5.91 Å². The van der Waals surface area contributed by atoms with E-state index in [4.69, 9.17) is 25.5 Å². The van der Waals surface area contributed by atoms with Crippen LogP contribution in [0.25, 0.3) is 22.6 Å². The number of rotatable bonds is 7. The van der Waals surface area contributed by atoms with Gasteiger partial charge in [0.1, 0.15) is 12.1 Å². The van der Waals surface area contributed by atoms with Crippen molar-refractivity contribution in [3.8, 4) is 23.0 Å². The number of methoxy groups -OCH3 is 1. The van der Waals surface area contributed by atoms with E-state index in [1.807, 2.05) is 36.4 Å². The summed E-state index contributed by atoms with van der Waals surface area (Å²) in [6, 6.07) is 24.0. The first-order chi connectivity index (χ1) is 17.9. The summed E-state index contributed by atoms with van der Waals surface area (Å²) in [5, 5.41) is 3.59. The minimum Gasteiger partial charge on any atom is -0.493 e. The van der Waals surface area contributed by atoms with Crippen LogP contribution in [0.3, 0.4) is 0 Å². The molecule has 1 amide bonds. The first-order valence-corrected chi connectivity index (χ1v) is 12.1. The summed E-state index contributed by atoms with van der Waals surface area (Å²) < 4.78 is 17.3. The van der Waals surface area contributed by atoms with E-state index < -0.39 is 0 Å². The molecule has 37 heavy (non-hydrogen) atoms. The fourth-order valence-electron chi connectivity index (χ4n) is 3.88. The van der Waals surface area contributed by atoms with E-state index in [0.717, 1.165) is 11.1 Å². The highest BCUT2D eigenvalue weighted by molar-refractivity contribution is 6.30. The number of oxazole rings is 1. The van der Waals surface area contributed by atoms with Crippen LogP contribution in [0.15, 0.2) is 83.3 Å². The van der Waals surface area contributed by atoms with Gasteiger partial charge in [-0.05, 0) is 91.2 Å². The minimum absolute atomic E-state index is 0.278. The maximum Gasteiger partial charge on any atom is 0.255 e. The summed E-state index contributed by atoms with van der Waals surface area (Å²) in [4.78, 5) is 17.6. The highest BCUT2D eigenvalue weighted by Crippen LogP contribution is 2.30. The van der Waals surface area contributed by atoms with Gasteiger partial charge in [-0.15, -0.1) is 0 Å². The molecule has 0 fully saturated rings. The summed E-state index contributed by atoms with van der Waals surface area (Å²) in [6.07, 6.45) is 0. The molecule has 6 nitrogen and oxygen atoms in total. The van der Waals surface area contributed by atoms with Crippen molar-refractivity contribution in [2.75, 3.05) is 12.4 Å². The van der Waals surface area contributed by atoms with Crippen molar-refractivity contribution in [2.45, 2.75) is 20.5 Å². The van der Waals surface area contributed by atoms with Crippen molar-refractivity contribution in [1.82, 2.24) is 4.98 Å². The number of carbonyl (C=O) groups excluding carboxylic acids is 1. The van der Waals surface area contributed by atoms with Crippen LogP contribution in [0, 0.1) is 13.8 Å². The van der Waals surface area contributed by atoms with E-state index in [1.165, 1.54) is 18.2 Å². The number of nitrogens with one attached hydrogen (secondary N) is 1. The largest absolute Gasteiger partial charge is 0.493 e. The van der Waals surface area contributed by atoms with Gasteiger partial charge in [0, 0.05) is 21.8 Å². The molecule has 0 spiro atoms. The smallest absolute Gasteiger partial charge is 0.255 e. The van der Waals surface area contributed by atoms with E-state index in [2.05, 4.69) is 30.2 Å². The standard InChI is InChI=1S/C30H25ClN2O4/c1-18-4-7-22(14-19(18)2)30-33-25-16-24(11-13-26(25)37-30)32-29(34)21-8-12-27(28(15-21)35-3)36-17-20-5-9-23(31)10-6-20/h4-16H,17H2,1-3H3,(H,32,34). The van der Waals surface area contributed by atoms with E-state index in [0.29, 0.717) is 51.4 Å². The van der Waals surface area contributed by atoms with Crippen molar-refractivity contribution in [1.29, 1.82) is 0 Å². The Morgan fingerprint density at radius 2 is 1.73 bits per heavy atom. The fourth-order valence-corrected chi connectivity index (χ4v) is 4.00. The number of hydrogen-bond donors (Lipinski definition) is 1. The minimum atomic E-state index is -0.278. The molecular weight excluding hydrogens is 488 g/mol. The van der Waals surface area contributed by atoms with Crippen LogP contribution in [0.5, 0.6) is 11.5 Å². The van der Waals surface area contributed by atoms with Crippen molar-refractivity contribution in [2.24, 2.45) is 0 Å². The van der Waals surface area contributed by atoms with Gasteiger partial charge < -0.3 is 19.2 Å². The molecule has 0 saturated heterocycles. The quantitative estimate of drug-likeness (QED) is 0.243. The van der Waals surface area contributed by atoms with Crippen LogP contribution in [0.2, 0.25) is 5.02 Å². The highest BCUT2D eigenvalue weighted by Gasteiger charge is 2.14. The Kier molecular flexibility index (Phi) is 6.84. The number of carbonyl (C=O) groups is 1. The summed E-state index contributed by atoms with van der Waals surface area (Å²) in [7, 11) is 1.54. The summed E-state index contributed by atoms with van der Waals surface area (Å²) in [6.45, 7) is 4.47. The lowest BCUT2D eigenvalue weighted by atomic mass is 10.1. The second-order valence-corrected chi connectivity index (χ2v) is 9.17. The number of ether oxygens (including phenoxy) is 2. The first kappa shape index (κ1) is 24.4. The summed E-state index contributed by atoms with van der Waals surface area (Å²) in [5.74, 6) is 1.27. The molecule has 0 bridgehead atoms. The average Bonchev–Trinajstić information content (AvgIpc) is 3.33. The molecule has 4 aromatic carbocycles. The number of anilines is 1. The molecule has 0 atom stereocenters. The van der Waals surface area contributed by atoms with Crippen LogP contribution in [0.1, 0.15) is 27.0 Å². The van der Waals surface area contributed by atoms with Gasteiger partial charge in [0.25, 0.3) is 5.91 Å². The molecular formula is C30H25ClN2O4. The Morgan fingerprint density at radius 3 is 2.49 bits per heavy atom. The highest BCUT2D eigenvalue weighted by atomic mass is 35.5. The third kappa shape index (κ3) is 5.44. The molecule has 0 aliphatic carbocycles. The molecule has 0 unspecified atom stereocenters. The van der Waals surface area contributed by atoms with Gasteiger partial charge in [0.2, 0.25) is 5.89 Å². The second kappa shape index (κ2) is 10.4. The van der Waals surface area contributed by atoms with Crippen LogP contribution < -0.4 is 14.8 Å². The lowest BCUT2D eigenvalue weighted by Gasteiger charge is -2.12. The topological polar surface area (TPSA) is 73.6 Å². The first-order valence-electron chi connectivity index (χ1n) is 11.7. The number of fused-ring (bicyclic) bond motifs is 1. The Hall–Kier alpha value is -4.29. The summed E-state index contributed by atoms with van der Waals surface area (Å²) in [5.41, 5.74) is 6.62. The Balaban J connectivity index is 1.30. The predicted molar refractivity (Wildman–Crippen MR) is 146 cm³/mol. The Bertz CT molecular complexity index is 1590. The molecule has 5 rings (SSSR count). The molecule has 186 valence electrons. The molecule has 0 aliphatic rings. The molecule has 1 N–H and O–H groups in total. The van der Waals surface area contributed by atoms with Gasteiger partial charge in [-0.1, -0.05) is 29.8 Å². The number of aryl methyl sites for hydroxylation is 2. The van der Waals surface area contributed by atoms with Gasteiger partial charge in [0.05, 0.1) is 7.11 Å². The predicted octanol–water partition coefficient (Wildman–Crippen LogP) is 7.60. The van der Waals surface area contributed by atoms with Crippen molar-refractivity contribution < 1.29 is 18.7 Å². The SMILES string of the molecule is COc1cc(C(=O)Nc2ccc3oc(-c4ccc(C)c(C)c4)nc3c2)ccc1OCc1ccc(Cl)cc1. The van der Waals surface area contributed by atoms with Gasteiger partial charge in [-0.3, -0.25) is 4.79 Å². The number of amides is 1. The Morgan fingerprint density at radius 1 is 0.919 bits per heavy atom.